The van der Waals surface area contributed by atoms with E-state index in [1.807, 2.05) is 0 Å². The number of hydrogen-bond acceptors (Lipinski definition) is 6. The van der Waals surface area contributed by atoms with Crippen LogP contribution >= 0.6 is 0 Å². The van der Waals surface area contributed by atoms with Crippen LogP contribution in [-0.4, -0.2) is 37.2 Å². The Labute approximate surface area is 361 Å². The topological polar surface area (TPSA) is 78.9 Å². The predicted octanol–water partition coefficient (Wildman–Crippen LogP) is 16.7. The van der Waals surface area contributed by atoms with Gasteiger partial charge in [0.25, 0.3) is 0 Å². The van der Waals surface area contributed by atoms with E-state index in [1.54, 1.807) is 0 Å². The Bertz CT molecular complexity index is 872. The Balaban J connectivity index is 4.14. The van der Waals surface area contributed by atoms with Crippen molar-refractivity contribution in [1.29, 1.82) is 0 Å². The summed E-state index contributed by atoms with van der Waals surface area (Å²) in [6, 6.07) is 0. The highest BCUT2D eigenvalue weighted by Gasteiger charge is 2.19. The molecule has 0 unspecified atom stereocenters. The summed E-state index contributed by atoms with van der Waals surface area (Å²) in [5.74, 6) is 0.00632. The lowest BCUT2D eigenvalue weighted by atomic mass is 10.0. The van der Waals surface area contributed by atoms with Crippen LogP contribution in [0, 0.1) is 5.92 Å². The van der Waals surface area contributed by atoms with E-state index >= 15 is 0 Å². The molecule has 1 atom stereocenters. The third-order valence-corrected chi connectivity index (χ3v) is 11.8. The molecule has 0 aromatic rings. The Morgan fingerprint density at radius 1 is 0.328 bits per heavy atom. The van der Waals surface area contributed by atoms with E-state index in [2.05, 4.69) is 27.7 Å². The molecule has 0 N–H and O–H groups in total. The van der Waals surface area contributed by atoms with Gasteiger partial charge < -0.3 is 14.2 Å². The van der Waals surface area contributed by atoms with E-state index in [9.17, 15) is 14.4 Å². The zero-order chi connectivity index (χ0) is 42.4. The molecule has 0 aliphatic heterocycles. The van der Waals surface area contributed by atoms with Crippen LogP contribution in [0.1, 0.15) is 291 Å². The van der Waals surface area contributed by atoms with Crippen LogP contribution < -0.4 is 0 Å². The lowest BCUT2D eigenvalue weighted by Crippen LogP contribution is -2.30. The highest BCUT2D eigenvalue weighted by atomic mass is 16.6. The van der Waals surface area contributed by atoms with Crippen LogP contribution in [0.25, 0.3) is 0 Å². The second-order valence-corrected chi connectivity index (χ2v) is 18.3. The minimum absolute atomic E-state index is 0.0632. The zero-order valence-corrected chi connectivity index (χ0v) is 39.5. The van der Waals surface area contributed by atoms with Gasteiger partial charge in [-0.25, -0.2) is 0 Å². The fraction of sp³-hybridized carbons (Fsp3) is 0.942. The first kappa shape index (κ1) is 56.4. The van der Waals surface area contributed by atoms with Crippen LogP contribution in [-0.2, 0) is 28.6 Å². The smallest absolute Gasteiger partial charge is 0.306 e. The molecule has 0 aromatic carbocycles. The molecule has 0 spiro atoms. The van der Waals surface area contributed by atoms with Crippen LogP contribution in [0.15, 0.2) is 0 Å². The first-order valence-corrected chi connectivity index (χ1v) is 25.9. The van der Waals surface area contributed by atoms with Gasteiger partial charge in [0.1, 0.15) is 13.2 Å². The fourth-order valence-corrected chi connectivity index (χ4v) is 7.86. The highest BCUT2D eigenvalue weighted by molar-refractivity contribution is 5.71. The number of carbonyl (C=O) groups excluding carboxylic acids is 3. The summed E-state index contributed by atoms with van der Waals surface area (Å²) in [6.07, 6.45) is 48.2. The van der Waals surface area contributed by atoms with Gasteiger partial charge in [0.05, 0.1) is 0 Å². The largest absolute Gasteiger partial charge is 0.462 e. The molecule has 0 aromatic heterocycles. The van der Waals surface area contributed by atoms with Crippen LogP contribution in [0.3, 0.4) is 0 Å². The summed E-state index contributed by atoms with van der Waals surface area (Å²) in [5.41, 5.74) is 0. The van der Waals surface area contributed by atoms with Gasteiger partial charge in [-0.3, -0.25) is 14.4 Å². The van der Waals surface area contributed by atoms with Crippen molar-refractivity contribution in [3.8, 4) is 0 Å². The summed E-state index contributed by atoms with van der Waals surface area (Å²) < 4.78 is 16.7. The molecular formula is C52H100O6. The molecule has 0 aliphatic carbocycles. The van der Waals surface area contributed by atoms with Crippen LogP contribution in [0.5, 0.6) is 0 Å². The normalized spacial score (nSPS) is 11.9. The van der Waals surface area contributed by atoms with Gasteiger partial charge in [0, 0.05) is 19.3 Å². The Kier molecular flexibility index (Phi) is 45.2. The molecule has 0 bridgehead atoms. The van der Waals surface area contributed by atoms with Gasteiger partial charge >= 0.3 is 17.9 Å². The van der Waals surface area contributed by atoms with Crippen LogP contribution in [0.2, 0.25) is 0 Å². The van der Waals surface area contributed by atoms with Crippen molar-refractivity contribution < 1.29 is 28.6 Å². The van der Waals surface area contributed by atoms with E-state index in [-0.39, 0.29) is 31.1 Å². The highest BCUT2D eigenvalue weighted by Crippen LogP contribution is 2.17. The van der Waals surface area contributed by atoms with E-state index in [4.69, 9.17) is 14.2 Å². The maximum absolute atomic E-state index is 12.8. The van der Waals surface area contributed by atoms with Crippen molar-refractivity contribution in [2.75, 3.05) is 13.2 Å². The Morgan fingerprint density at radius 2 is 0.569 bits per heavy atom. The molecule has 344 valence electrons. The molecule has 0 amide bonds. The first-order chi connectivity index (χ1) is 28.4. The summed E-state index contributed by atoms with van der Waals surface area (Å²) >= 11 is 0. The van der Waals surface area contributed by atoms with E-state index in [1.165, 1.54) is 186 Å². The Hall–Kier alpha value is -1.59. The number of rotatable bonds is 47. The standard InChI is InChI=1S/C52H100O6/c1-5-7-9-11-13-14-15-25-28-32-36-40-44-51(54)57-47-49(46-56-50(53)43-39-35-30-12-10-8-6-2)58-52(55)45-41-37-33-29-26-23-21-19-17-16-18-20-22-24-27-31-34-38-42-48(3)4/h48-49H,5-47H2,1-4H3/t49-/m0/s1. The van der Waals surface area contributed by atoms with Crippen molar-refractivity contribution in [3.63, 3.8) is 0 Å². The molecule has 6 nitrogen and oxygen atoms in total. The van der Waals surface area contributed by atoms with E-state index in [0.29, 0.717) is 19.3 Å². The number of hydrogen-bond donors (Lipinski definition) is 0. The third kappa shape index (κ3) is 45.5. The zero-order valence-electron chi connectivity index (χ0n) is 39.5. The summed E-state index contributed by atoms with van der Waals surface area (Å²) in [6.45, 7) is 9.00. The summed E-state index contributed by atoms with van der Waals surface area (Å²) in [4.78, 5) is 37.7. The molecule has 0 radical (unpaired) electrons. The van der Waals surface area contributed by atoms with Gasteiger partial charge in [-0.15, -0.1) is 0 Å². The number of ether oxygens (including phenoxy) is 3. The Morgan fingerprint density at radius 3 is 0.845 bits per heavy atom. The first-order valence-electron chi connectivity index (χ1n) is 25.9. The van der Waals surface area contributed by atoms with Gasteiger partial charge in [-0.2, -0.15) is 0 Å². The number of carbonyl (C=O) groups is 3. The second-order valence-electron chi connectivity index (χ2n) is 18.3. The lowest BCUT2D eigenvalue weighted by Gasteiger charge is -2.18. The van der Waals surface area contributed by atoms with Gasteiger partial charge in [-0.05, 0) is 25.2 Å². The lowest BCUT2D eigenvalue weighted by molar-refractivity contribution is -0.167. The molecule has 0 fully saturated rings. The number of unbranched alkanes of at least 4 members (excludes halogenated alkanes) is 34. The predicted molar refractivity (Wildman–Crippen MR) is 247 cm³/mol. The van der Waals surface area contributed by atoms with Crippen molar-refractivity contribution in [2.24, 2.45) is 5.92 Å². The van der Waals surface area contributed by atoms with Crippen LogP contribution in [0.4, 0.5) is 0 Å². The van der Waals surface area contributed by atoms with Crippen molar-refractivity contribution in [2.45, 2.75) is 297 Å². The monoisotopic (exact) mass is 821 g/mol. The number of esters is 3. The average Bonchev–Trinajstić information content (AvgIpc) is 3.21. The molecular weight excluding hydrogens is 721 g/mol. The maximum Gasteiger partial charge on any atom is 0.306 e. The minimum atomic E-state index is -0.759. The average molecular weight is 821 g/mol. The van der Waals surface area contributed by atoms with Crippen molar-refractivity contribution in [3.05, 3.63) is 0 Å². The molecule has 0 saturated carbocycles. The quantitative estimate of drug-likeness (QED) is 0.0346. The van der Waals surface area contributed by atoms with E-state index < -0.39 is 6.10 Å². The van der Waals surface area contributed by atoms with Gasteiger partial charge in [-0.1, -0.05) is 252 Å². The summed E-state index contributed by atoms with van der Waals surface area (Å²) in [5, 5.41) is 0. The SMILES string of the molecule is CCCCCCCCCCCCCCC(=O)OC[C@H](COC(=O)CCCCCCCCC)OC(=O)CCCCCCCCCCCCCCCCCCCCC(C)C. The maximum atomic E-state index is 12.8. The van der Waals surface area contributed by atoms with Crippen molar-refractivity contribution in [1.82, 2.24) is 0 Å². The molecule has 58 heavy (non-hydrogen) atoms. The molecule has 0 rings (SSSR count). The molecule has 6 heteroatoms. The van der Waals surface area contributed by atoms with Gasteiger partial charge in [0.2, 0.25) is 0 Å². The minimum Gasteiger partial charge on any atom is -0.462 e. The molecule has 0 aliphatic rings. The third-order valence-electron chi connectivity index (χ3n) is 11.8. The van der Waals surface area contributed by atoms with E-state index in [0.717, 1.165) is 63.7 Å². The second kappa shape index (κ2) is 46.5. The molecule has 0 saturated heterocycles. The van der Waals surface area contributed by atoms with Crippen molar-refractivity contribution >= 4 is 17.9 Å². The molecule has 0 heterocycles. The van der Waals surface area contributed by atoms with Gasteiger partial charge in [0.15, 0.2) is 6.10 Å². The fourth-order valence-electron chi connectivity index (χ4n) is 7.86. The summed E-state index contributed by atoms with van der Waals surface area (Å²) in [7, 11) is 0.